The Morgan fingerprint density at radius 3 is 1.94 bits per heavy atom. The van der Waals surface area contributed by atoms with Crippen LogP contribution in [0, 0.1) is 17.3 Å². The summed E-state index contributed by atoms with van der Waals surface area (Å²) in [6.45, 7) is 9.21. The molecule has 0 aliphatic heterocycles. The highest BCUT2D eigenvalue weighted by molar-refractivity contribution is 4.95. The molecule has 0 amide bonds. The second-order valence-corrected chi connectivity index (χ2v) is 6.55. The predicted molar refractivity (Wildman–Crippen MR) is 78.3 cm³/mol. The van der Waals surface area contributed by atoms with Crippen LogP contribution in [0.3, 0.4) is 0 Å². The van der Waals surface area contributed by atoms with E-state index >= 15 is 0 Å². The summed E-state index contributed by atoms with van der Waals surface area (Å²) >= 11 is 0. The quantitative estimate of drug-likeness (QED) is 0.547. The van der Waals surface area contributed by atoms with Crippen molar-refractivity contribution in [3.05, 3.63) is 0 Å². The van der Waals surface area contributed by atoms with Gasteiger partial charge in [-0.25, -0.2) is 0 Å². The van der Waals surface area contributed by atoms with E-state index in [4.69, 9.17) is 0 Å². The van der Waals surface area contributed by atoms with Gasteiger partial charge in [0.05, 0.1) is 0 Å². The van der Waals surface area contributed by atoms with Crippen LogP contribution in [-0.2, 0) is 0 Å². The van der Waals surface area contributed by atoms with E-state index in [-0.39, 0.29) is 0 Å². The Morgan fingerprint density at radius 2 is 1.53 bits per heavy atom. The molecule has 0 saturated heterocycles. The third kappa shape index (κ3) is 4.00. The fourth-order valence-corrected chi connectivity index (χ4v) is 3.76. The van der Waals surface area contributed by atoms with E-state index in [0.29, 0.717) is 0 Å². The first kappa shape index (κ1) is 15.1. The highest BCUT2D eigenvalue weighted by atomic mass is 14.5. The van der Waals surface area contributed by atoms with Gasteiger partial charge in [0.25, 0.3) is 0 Å². The zero-order chi connectivity index (χ0) is 12.7. The fraction of sp³-hybridized carbons (Fsp3) is 1.00. The van der Waals surface area contributed by atoms with Crippen molar-refractivity contribution in [2.75, 3.05) is 0 Å². The molecule has 0 aromatic carbocycles. The Kier molecular flexibility index (Phi) is 6.59. The first-order valence-electron chi connectivity index (χ1n) is 8.18. The number of fused-ring (bicyclic) bond motifs is 3. The predicted octanol–water partition coefficient (Wildman–Crippen LogP) is 6.20. The van der Waals surface area contributed by atoms with Crippen molar-refractivity contribution in [2.45, 2.75) is 91.9 Å². The monoisotopic (exact) mass is 238 g/mol. The summed E-state index contributed by atoms with van der Waals surface area (Å²) in [5.41, 5.74) is 0.796. The lowest BCUT2D eigenvalue weighted by Crippen LogP contribution is -2.40. The van der Waals surface area contributed by atoms with Gasteiger partial charge >= 0.3 is 0 Å². The van der Waals surface area contributed by atoms with Crippen LogP contribution in [0.2, 0.25) is 0 Å². The molecule has 17 heavy (non-hydrogen) atoms. The van der Waals surface area contributed by atoms with E-state index in [1.807, 2.05) is 0 Å². The van der Waals surface area contributed by atoms with E-state index in [2.05, 4.69) is 27.7 Å². The second-order valence-electron chi connectivity index (χ2n) is 6.55. The van der Waals surface area contributed by atoms with Gasteiger partial charge in [0.2, 0.25) is 0 Å². The summed E-state index contributed by atoms with van der Waals surface area (Å²) in [5.74, 6) is 2.14. The van der Waals surface area contributed by atoms with Gasteiger partial charge in [0.15, 0.2) is 0 Å². The van der Waals surface area contributed by atoms with Gasteiger partial charge < -0.3 is 0 Å². The smallest absolute Gasteiger partial charge is 0.0271 e. The molecule has 3 aliphatic carbocycles. The molecule has 0 aromatic heterocycles. The van der Waals surface area contributed by atoms with Crippen LogP contribution in [-0.4, -0.2) is 0 Å². The maximum absolute atomic E-state index is 2.51. The van der Waals surface area contributed by atoms with E-state index in [1.54, 1.807) is 32.1 Å². The number of rotatable bonds is 4. The Hall–Kier alpha value is 0. The summed E-state index contributed by atoms with van der Waals surface area (Å²) < 4.78 is 0. The lowest BCUT2D eigenvalue weighted by molar-refractivity contribution is -0.00449. The summed E-state index contributed by atoms with van der Waals surface area (Å²) in [5, 5.41) is 0. The van der Waals surface area contributed by atoms with Gasteiger partial charge in [-0.2, -0.15) is 0 Å². The molecule has 0 spiro atoms. The first-order chi connectivity index (χ1) is 8.18. The molecule has 3 rings (SSSR count). The standard InChI is InChI=1S/C13H24.C4H10/c1-3-4-7-13-8-5-12(6-9-13)10-11(13)2;1-3-4-2/h11-12H,3-10H2,1-2H3;3-4H2,1-2H3. The van der Waals surface area contributed by atoms with E-state index < -0.39 is 0 Å². The van der Waals surface area contributed by atoms with E-state index in [0.717, 1.165) is 17.3 Å². The van der Waals surface area contributed by atoms with Gasteiger partial charge in [-0.05, 0) is 55.8 Å². The van der Waals surface area contributed by atoms with Crippen molar-refractivity contribution in [1.29, 1.82) is 0 Å². The third-order valence-corrected chi connectivity index (χ3v) is 5.36. The molecule has 0 aromatic rings. The normalized spacial score (nSPS) is 35.3. The van der Waals surface area contributed by atoms with E-state index in [1.165, 1.54) is 32.1 Å². The lowest BCUT2D eigenvalue weighted by Gasteiger charge is -2.51. The van der Waals surface area contributed by atoms with Crippen LogP contribution in [0.25, 0.3) is 0 Å². The molecule has 0 heteroatoms. The minimum Gasteiger partial charge on any atom is -0.0654 e. The molecule has 2 bridgehead atoms. The van der Waals surface area contributed by atoms with Crippen LogP contribution in [0.5, 0.6) is 0 Å². The minimum atomic E-state index is 0.796. The average Bonchev–Trinajstić information content (AvgIpc) is 2.38. The molecule has 3 fully saturated rings. The topological polar surface area (TPSA) is 0 Å². The van der Waals surface area contributed by atoms with Crippen molar-refractivity contribution >= 4 is 0 Å². The SMILES string of the molecule is CCCC.CCCCC12CCC(CC1)CC2C. The van der Waals surface area contributed by atoms with Crippen LogP contribution in [0.15, 0.2) is 0 Å². The molecule has 102 valence electrons. The van der Waals surface area contributed by atoms with Crippen LogP contribution in [0.1, 0.15) is 91.9 Å². The fourth-order valence-electron chi connectivity index (χ4n) is 3.76. The molecule has 0 heterocycles. The maximum Gasteiger partial charge on any atom is -0.0271 e. The Labute approximate surface area is 110 Å². The minimum absolute atomic E-state index is 0.796. The highest BCUT2D eigenvalue weighted by Gasteiger charge is 2.44. The Balaban J connectivity index is 0.000000317. The van der Waals surface area contributed by atoms with Crippen molar-refractivity contribution in [3.8, 4) is 0 Å². The zero-order valence-electron chi connectivity index (χ0n) is 12.7. The molecular formula is C17H34. The van der Waals surface area contributed by atoms with Crippen LogP contribution < -0.4 is 0 Å². The summed E-state index contributed by atoms with van der Waals surface area (Å²) in [6, 6.07) is 0. The number of hydrogen-bond donors (Lipinski definition) is 0. The maximum atomic E-state index is 2.51. The Morgan fingerprint density at radius 1 is 0.941 bits per heavy atom. The van der Waals surface area contributed by atoms with Gasteiger partial charge in [-0.1, -0.05) is 53.4 Å². The van der Waals surface area contributed by atoms with Crippen molar-refractivity contribution in [3.63, 3.8) is 0 Å². The van der Waals surface area contributed by atoms with Gasteiger partial charge in [-0.15, -0.1) is 0 Å². The molecule has 0 radical (unpaired) electrons. The van der Waals surface area contributed by atoms with E-state index in [9.17, 15) is 0 Å². The first-order valence-corrected chi connectivity index (χ1v) is 8.18. The molecule has 3 aliphatic rings. The molecule has 0 nitrogen and oxygen atoms in total. The third-order valence-electron chi connectivity index (χ3n) is 5.36. The van der Waals surface area contributed by atoms with Crippen LogP contribution in [0.4, 0.5) is 0 Å². The zero-order valence-corrected chi connectivity index (χ0v) is 12.7. The highest BCUT2D eigenvalue weighted by Crippen LogP contribution is 2.56. The van der Waals surface area contributed by atoms with Gasteiger partial charge in [0, 0.05) is 0 Å². The molecule has 3 saturated carbocycles. The second kappa shape index (κ2) is 7.44. The van der Waals surface area contributed by atoms with Crippen LogP contribution >= 0.6 is 0 Å². The summed E-state index contributed by atoms with van der Waals surface area (Å²) in [6.07, 6.45) is 14.8. The van der Waals surface area contributed by atoms with Crippen molar-refractivity contribution in [2.24, 2.45) is 17.3 Å². The Bertz CT molecular complexity index is 184. The van der Waals surface area contributed by atoms with Crippen molar-refractivity contribution in [1.82, 2.24) is 0 Å². The van der Waals surface area contributed by atoms with Gasteiger partial charge in [-0.3, -0.25) is 0 Å². The largest absolute Gasteiger partial charge is 0.0654 e. The molecule has 1 atom stereocenters. The number of unbranched alkanes of at least 4 members (excludes halogenated alkanes) is 2. The van der Waals surface area contributed by atoms with Gasteiger partial charge in [0.1, 0.15) is 0 Å². The lowest BCUT2D eigenvalue weighted by atomic mass is 9.54. The summed E-state index contributed by atoms with van der Waals surface area (Å²) in [7, 11) is 0. The van der Waals surface area contributed by atoms with Crippen molar-refractivity contribution < 1.29 is 0 Å². The molecular weight excluding hydrogens is 204 g/mol. The molecule has 1 unspecified atom stereocenters. The summed E-state index contributed by atoms with van der Waals surface area (Å²) in [4.78, 5) is 0. The average molecular weight is 238 g/mol. The number of hydrogen-bond acceptors (Lipinski definition) is 0. The molecule has 0 N–H and O–H groups in total.